The summed E-state index contributed by atoms with van der Waals surface area (Å²) in [5.41, 5.74) is 3.24. The van der Waals surface area contributed by atoms with E-state index in [4.69, 9.17) is 0 Å². The molecule has 0 spiro atoms. The Morgan fingerprint density at radius 1 is 1.12 bits per heavy atom. The molecule has 34 heavy (non-hydrogen) atoms. The van der Waals surface area contributed by atoms with Crippen molar-refractivity contribution >= 4 is 17.6 Å². The zero-order valence-electron chi connectivity index (χ0n) is 19.4. The molecule has 0 aliphatic rings. The largest absolute Gasteiger partial charge is 0.277 e. The first-order valence-corrected chi connectivity index (χ1v) is 11.2. The summed E-state index contributed by atoms with van der Waals surface area (Å²) in [5, 5.41) is 12.2. The van der Waals surface area contributed by atoms with Crippen LogP contribution in [-0.2, 0) is 17.8 Å². The van der Waals surface area contributed by atoms with Gasteiger partial charge in [-0.3, -0.25) is 19.6 Å². The summed E-state index contributed by atoms with van der Waals surface area (Å²) in [6, 6.07) is 18.9. The van der Waals surface area contributed by atoms with E-state index in [0.29, 0.717) is 29.7 Å². The molecule has 2 heterocycles. The van der Waals surface area contributed by atoms with Crippen molar-refractivity contribution in [2.75, 3.05) is 4.90 Å². The number of fused-ring (bicyclic) bond motifs is 1. The molecule has 8 nitrogen and oxygen atoms in total. The summed E-state index contributed by atoms with van der Waals surface area (Å²) >= 11 is 0. The highest BCUT2D eigenvalue weighted by Gasteiger charge is 2.23. The number of anilines is 1. The Labute approximate surface area is 197 Å². The molecule has 0 aliphatic carbocycles. The molecule has 1 N–H and O–H groups in total. The lowest BCUT2D eigenvalue weighted by molar-refractivity contribution is -0.119. The molecule has 4 aromatic rings. The third-order valence-electron chi connectivity index (χ3n) is 5.54. The summed E-state index contributed by atoms with van der Waals surface area (Å²) < 4.78 is 1.29. The number of aromatic amines is 1. The summed E-state index contributed by atoms with van der Waals surface area (Å²) in [5.74, 6) is 0.465. The van der Waals surface area contributed by atoms with Gasteiger partial charge < -0.3 is 0 Å². The first kappa shape index (κ1) is 22.9. The standard InChI is InChI=1S/C26H26N6O2/c1-17(2)12-23(33)31(16-21-11-7-10-20(13-21)15-27)26-29-25-28-18(3)22(24(34)32(25)30-26)14-19-8-5-4-6-9-19/h4-11,13,17H,12,14,16H2,1-3H3,(H,28,29,30). The van der Waals surface area contributed by atoms with Crippen LogP contribution in [0.5, 0.6) is 0 Å². The van der Waals surface area contributed by atoms with Crippen LogP contribution in [0.3, 0.4) is 0 Å². The van der Waals surface area contributed by atoms with Crippen LogP contribution < -0.4 is 10.5 Å². The highest BCUT2D eigenvalue weighted by atomic mass is 16.2. The van der Waals surface area contributed by atoms with Crippen LogP contribution in [-0.4, -0.2) is 25.5 Å². The van der Waals surface area contributed by atoms with Crippen LogP contribution in [0, 0.1) is 24.2 Å². The van der Waals surface area contributed by atoms with E-state index in [1.807, 2.05) is 50.2 Å². The van der Waals surface area contributed by atoms with Crippen LogP contribution in [0.1, 0.15) is 48.2 Å². The number of benzene rings is 2. The van der Waals surface area contributed by atoms with Crippen molar-refractivity contribution in [3.63, 3.8) is 0 Å². The number of amides is 1. The van der Waals surface area contributed by atoms with Gasteiger partial charge in [0.05, 0.1) is 23.9 Å². The molecule has 0 bridgehead atoms. The maximum absolute atomic E-state index is 13.3. The molecule has 0 saturated carbocycles. The van der Waals surface area contributed by atoms with Crippen molar-refractivity contribution in [1.82, 2.24) is 19.6 Å². The smallest absolute Gasteiger partial charge is 0.277 e. The fraction of sp³-hybridized carbons (Fsp3) is 0.269. The molecule has 0 saturated heterocycles. The van der Waals surface area contributed by atoms with Crippen LogP contribution in [0.2, 0.25) is 0 Å². The van der Waals surface area contributed by atoms with E-state index in [2.05, 4.69) is 21.1 Å². The highest BCUT2D eigenvalue weighted by Crippen LogP contribution is 2.18. The van der Waals surface area contributed by atoms with Gasteiger partial charge in [0, 0.05) is 18.4 Å². The Hall–Kier alpha value is -4.25. The third-order valence-corrected chi connectivity index (χ3v) is 5.54. The lowest BCUT2D eigenvalue weighted by Crippen LogP contribution is -2.32. The van der Waals surface area contributed by atoms with Crippen molar-refractivity contribution in [2.45, 2.75) is 40.2 Å². The molecule has 0 unspecified atom stereocenters. The SMILES string of the molecule is Cc1nc2nc(N(Cc3cccc(C#N)c3)C(=O)CC(C)C)[nH]n2c(=O)c1Cc1ccccc1. The van der Waals surface area contributed by atoms with Crippen LogP contribution in [0.15, 0.2) is 59.4 Å². The Balaban J connectivity index is 1.75. The van der Waals surface area contributed by atoms with Crippen molar-refractivity contribution < 1.29 is 4.79 Å². The first-order valence-electron chi connectivity index (χ1n) is 11.2. The molecule has 0 radical (unpaired) electrons. The van der Waals surface area contributed by atoms with Crippen molar-refractivity contribution in [3.8, 4) is 6.07 Å². The molecular weight excluding hydrogens is 428 g/mol. The Kier molecular flexibility index (Phi) is 6.55. The van der Waals surface area contributed by atoms with Crippen LogP contribution >= 0.6 is 0 Å². The van der Waals surface area contributed by atoms with Crippen LogP contribution in [0.4, 0.5) is 5.95 Å². The van der Waals surface area contributed by atoms with Gasteiger partial charge >= 0.3 is 0 Å². The second-order valence-corrected chi connectivity index (χ2v) is 8.72. The second kappa shape index (κ2) is 9.71. The van der Waals surface area contributed by atoms with Gasteiger partial charge in [-0.2, -0.15) is 14.8 Å². The average molecular weight is 455 g/mol. The van der Waals surface area contributed by atoms with E-state index < -0.39 is 0 Å². The Bertz CT molecular complexity index is 1430. The van der Waals surface area contributed by atoms with Gasteiger partial charge in [0.15, 0.2) is 0 Å². The number of H-pyrrole nitrogens is 1. The lowest BCUT2D eigenvalue weighted by Gasteiger charge is -2.21. The molecule has 2 aromatic heterocycles. The zero-order chi connectivity index (χ0) is 24.2. The van der Waals surface area contributed by atoms with Crippen molar-refractivity contribution in [3.05, 3.63) is 92.9 Å². The summed E-state index contributed by atoms with van der Waals surface area (Å²) in [4.78, 5) is 37.0. The number of carbonyl (C=O) groups is 1. The van der Waals surface area contributed by atoms with Gasteiger partial charge in [0.2, 0.25) is 11.9 Å². The molecule has 4 rings (SSSR count). The summed E-state index contributed by atoms with van der Waals surface area (Å²) in [6.45, 7) is 5.95. The van der Waals surface area contributed by atoms with Crippen molar-refractivity contribution in [1.29, 1.82) is 5.26 Å². The number of nitrogens with zero attached hydrogens (tertiary/aromatic N) is 5. The molecule has 0 fully saturated rings. The topological polar surface area (TPSA) is 107 Å². The second-order valence-electron chi connectivity index (χ2n) is 8.72. The molecule has 1 amide bonds. The number of nitrogens with one attached hydrogen (secondary N) is 1. The minimum absolute atomic E-state index is 0.134. The van der Waals surface area contributed by atoms with E-state index in [9.17, 15) is 14.9 Å². The van der Waals surface area contributed by atoms with Gasteiger partial charge in [0.1, 0.15) is 0 Å². The van der Waals surface area contributed by atoms with Gasteiger partial charge in [0.25, 0.3) is 11.3 Å². The fourth-order valence-electron chi connectivity index (χ4n) is 3.83. The monoisotopic (exact) mass is 454 g/mol. The number of hydrogen-bond acceptors (Lipinski definition) is 5. The molecule has 0 atom stereocenters. The predicted molar refractivity (Wildman–Crippen MR) is 129 cm³/mol. The van der Waals surface area contributed by atoms with E-state index in [-0.39, 0.29) is 35.7 Å². The molecule has 172 valence electrons. The van der Waals surface area contributed by atoms with E-state index in [1.165, 1.54) is 9.42 Å². The molecular formula is C26H26N6O2. The van der Waals surface area contributed by atoms with Gasteiger partial charge in [-0.1, -0.05) is 56.3 Å². The fourth-order valence-corrected chi connectivity index (χ4v) is 3.83. The summed E-state index contributed by atoms with van der Waals surface area (Å²) in [7, 11) is 0. The summed E-state index contributed by atoms with van der Waals surface area (Å²) in [6.07, 6.45) is 0.766. The van der Waals surface area contributed by atoms with E-state index in [0.717, 1.165) is 11.1 Å². The number of carbonyl (C=O) groups excluding carboxylic acids is 1. The quantitative estimate of drug-likeness (QED) is 0.457. The van der Waals surface area contributed by atoms with Gasteiger partial charge in [-0.15, -0.1) is 0 Å². The number of aromatic nitrogens is 4. The van der Waals surface area contributed by atoms with Gasteiger partial charge in [-0.05, 0) is 36.1 Å². The maximum atomic E-state index is 13.3. The normalized spacial score (nSPS) is 11.0. The number of hydrogen-bond donors (Lipinski definition) is 1. The molecule has 8 heteroatoms. The zero-order valence-corrected chi connectivity index (χ0v) is 19.4. The number of aryl methyl sites for hydroxylation is 1. The van der Waals surface area contributed by atoms with E-state index in [1.54, 1.807) is 25.1 Å². The van der Waals surface area contributed by atoms with E-state index >= 15 is 0 Å². The lowest BCUT2D eigenvalue weighted by atomic mass is 10.1. The Morgan fingerprint density at radius 3 is 2.56 bits per heavy atom. The number of rotatable bonds is 7. The minimum Gasteiger partial charge on any atom is -0.277 e. The first-order chi connectivity index (χ1) is 16.4. The third kappa shape index (κ3) is 4.89. The number of nitriles is 1. The average Bonchev–Trinajstić information content (AvgIpc) is 3.24. The Morgan fingerprint density at radius 2 is 1.85 bits per heavy atom. The minimum atomic E-state index is -0.243. The molecule has 0 aliphatic heterocycles. The predicted octanol–water partition coefficient (Wildman–Crippen LogP) is 3.77. The maximum Gasteiger partial charge on any atom is 0.277 e. The molecule has 2 aromatic carbocycles. The van der Waals surface area contributed by atoms with Crippen LogP contribution in [0.25, 0.3) is 5.78 Å². The highest BCUT2D eigenvalue weighted by molar-refractivity contribution is 5.91. The van der Waals surface area contributed by atoms with Crippen molar-refractivity contribution in [2.24, 2.45) is 5.92 Å². The van der Waals surface area contributed by atoms with Gasteiger partial charge in [-0.25, -0.2) is 4.98 Å².